The maximum Gasteiger partial charge on any atom is 0.318 e. The standard InChI is InChI=1S/C25H31ClN4O4/c1-17(2)27-25(32)29(12-13-33-3)16-24(31)30-23(18-8-10-20(26)11-9-18)15-22(28-30)19-6-5-7-21(14-19)34-4/h5-11,14,17,23H,12-13,15-16H2,1-4H3,(H,27,32)/t23-/m0/s1. The smallest absolute Gasteiger partial charge is 0.318 e. The molecule has 0 saturated carbocycles. The number of ether oxygens (including phenoxy) is 2. The van der Waals surface area contributed by atoms with Gasteiger partial charge in [-0.3, -0.25) is 4.79 Å². The summed E-state index contributed by atoms with van der Waals surface area (Å²) < 4.78 is 10.5. The van der Waals surface area contributed by atoms with Gasteiger partial charge in [0.25, 0.3) is 5.91 Å². The van der Waals surface area contributed by atoms with E-state index >= 15 is 0 Å². The fourth-order valence-corrected chi connectivity index (χ4v) is 3.82. The van der Waals surface area contributed by atoms with Crippen LogP contribution in [0.3, 0.4) is 0 Å². The van der Waals surface area contributed by atoms with Crippen LogP contribution in [0.5, 0.6) is 5.75 Å². The second-order valence-electron chi connectivity index (χ2n) is 8.31. The molecule has 3 rings (SSSR count). The number of nitrogens with zero attached hydrogens (tertiary/aromatic N) is 3. The van der Waals surface area contributed by atoms with Crippen LogP contribution in [-0.4, -0.2) is 67.5 Å². The molecule has 0 unspecified atom stereocenters. The fourth-order valence-electron chi connectivity index (χ4n) is 3.69. The van der Waals surface area contributed by atoms with E-state index in [1.165, 1.54) is 9.91 Å². The Kier molecular flexibility index (Phi) is 8.90. The summed E-state index contributed by atoms with van der Waals surface area (Å²) in [5.74, 6) is 0.428. The number of nitrogens with one attached hydrogen (secondary N) is 1. The van der Waals surface area contributed by atoms with Gasteiger partial charge in [-0.05, 0) is 43.7 Å². The van der Waals surface area contributed by atoms with Crippen molar-refractivity contribution in [3.05, 3.63) is 64.7 Å². The highest BCUT2D eigenvalue weighted by Gasteiger charge is 2.34. The van der Waals surface area contributed by atoms with Crippen molar-refractivity contribution in [3.8, 4) is 5.75 Å². The average molecular weight is 487 g/mol. The minimum absolute atomic E-state index is 0.0565. The van der Waals surface area contributed by atoms with Crippen molar-refractivity contribution < 1.29 is 19.1 Å². The number of methoxy groups -OCH3 is 2. The first-order valence-corrected chi connectivity index (χ1v) is 11.5. The van der Waals surface area contributed by atoms with Crippen LogP contribution < -0.4 is 10.1 Å². The van der Waals surface area contributed by atoms with Gasteiger partial charge >= 0.3 is 6.03 Å². The molecule has 0 aromatic heterocycles. The van der Waals surface area contributed by atoms with Crippen LogP contribution in [-0.2, 0) is 9.53 Å². The number of urea groups is 1. The zero-order valence-electron chi connectivity index (χ0n) is 20.0. The van der Waals surface area contributed by atoms with E-state index < -0.39 is 0 Å². The summed E-state index contributed by atoms with van der Waals surface area (Å²) in [4.78, 5) is 27.6. The third kappa shape index (κ3) is 6.48. The number of rotatable bonds is 9. The zero-order valence-corrected chi connectivity index (χ0v) is 20.7. The van der Waals surface area contributed by atoms with Crippen LogP contribution in [0.1, 0.15) is 37.4 Å². The Balaban J connectivity index is 1.89. The van der Waals surface area contributed by atoms with Crippen LogP contribution in [0.25, 0.3) is 0 Å². The van der Waals surface area contributed by atoms with Gasteiger partial charge in [-0.15, -0.1) is 0 Å². The van der Waals surface area contributed by atoms with Crippen LogP contribution in [0.15, 0.2) is 53.6 Å². The SMILES string of the molecule is COCCN(CC(=O)N1N=C(c2cccc(OC)c2)C[C@H]1c1ccc(Cl)cc1)C(=O)NC(C)C. The highest BCUT2D eigenvalue weighted by Crippen LogP contribution is 2.34. The lowest BCUT2D eigenvalue weighted by molar-refractivity contribution is -0.133. The summed E-state index contributed by atoms with van der Waals surface area (Å²) in [6.07, 6.45) is 0.525. The first kappa shape index (κ1) is 25.5. The van der Waals surface area contributed by atoms with E-state index in [0.717, 1.165) is 16.8 Å². The van der Waals surface area contributed by atoms with Gasteiger partial charge < -0.3 is 19.7 Å². The molecule has 0 saturated heterocycles. The lowest BCUT2D eigenvalue weighted by Crippen LogP contribution is -2.48. The molecule has 3 amide bonds. The molecule has 8 nitrogen and oxygen atoms in total. The zero-order chi connectivity index (χ0) is 24.7. The Bertz CT molecular complexity index is 1030. The monoisotopic (exact) mass is 486 g/mol. The third-order valence-electron chi connectivity index (χ3n) is 5.41. The second kappa shape index (κ2) is 11.9. The molecule has 1 aliphatic rings. The summed E-state index contributed by atoms with van der Waals surface area (Å²) >= 11 is 6.08. The van der Waals surface area contributed by atoms with Gasteiger partial charge in [0, 0.05) is 36.7 Å². The quantitative estimate of drug-likeness (QED) is 0.578. The van der Waals surface area contributed by atoms with Crippen LogP contribution in [0, 0.1) is 0 Å². The van der Waals surface area contributed by atoms with Gasteiger partial charge in [0.15, 0.2) is 0 Å². The van der Waals surface area contributed by atoms with E-state index in [9.17, 15) is 9.59 Å². The topological polar surface area (TPSA) is 83.5 Å². The molecule has 1 aliphatic heterocycles. The summed E-state index contributed by atoms with van der Waals surface area (Å²) in [5, 5.41) is 9.62. The van der Waals surface area contributed by atoms with E-state index in [1.807, 2.05) is 50.2 Å². The lowest BCUT2D eigenvalue weighted by atomic mass is 9.98. The normalized spacial score (nSPS) is 15.3. The van der Waals surface area contributed by atoms with Crippen molar-refractivity contribution >= 4 is 29.3 Å². The predicted octanol–water partition coefficient (Wildman–Crippen LogP) is 4.09. The van der Waals surface area contributed by atoms with E-state index in [2.05, 4.69) is 10.4 Å². The Morgan fingerprint density at radius 1 is 1.21 bits per heavy atom. The molecular weight excluding hydrogens is 456 g/mol. The first-order valence-electron chi connectivity index (χ1n) is 11.2. The summed E-state index contributed by atoms with van der Waals surface area (Å²) in [6, 6.07) is 14.3. The van der Waals surface area contributed by atoms with Crippen LogP contribution in [0.4, 0.5) is 4.79 Å². The van der Waals surface area contributed by atoms with Crippen molar-refractivity contribution in [2.75, 3.05) is 33.9 Å². The number of hydrogen-bond acceptors (Lipinski definition) is 5. The summed E-state index contributed by atoms with van der Waals surface area (Å²) in [7, 11) is 3.17. The van der Waals surface area contributed by atoms with E-state index in [0.29, 0.717) is 23.8 Å². The number of benzene rings is 2. The van der Waals surface area contributed by atoms with E-state index in [-0.39, 0.29) is 37.1 Å². The Morgan fingerprint density at radius 3 is 2.59 bits per heavy atom. The highest BCUT2D eigenvalue weighted by atomic mass is 35.5. The van der Waals surface area contributed by atoms with Crippen LogP contribution >= 0.6 is 11.6 Å². The molecule has 1 atom stereocenters. The molecule has 2 aromatic carbocycles. The summed E-state index contributed by atoms with van der Waals surface area (Å²) in [5.41, 5.74) is 2.55. The van der Waals surface area contributed by atoms with Gasteiger partial charge in [-0.1, -0.05) is 35.9 Å². The Morgan fingerprint density at radius 2 is 1.94 bits per heavy atom. The molecule has 0 radical (unpaired) electrons. The van der Waals surface area contributed by atoms with Crippen LogP contribution in [0.2, 0.25) is 5.02 Å². The predicted molar refractivity (Wildman–Crippen MR) is 132 cm³/mol. The van der Waals surface area contributed by atoms with Gasteiger partial charge in [0.1, 0.15) is 12.3 Å². The number of carbonyl (C=O) groups is 2. The second-order valence-corrected chi connectivity index (χ2v) is 8.74. The molecule has 34 heavy (non-hydrogen) atoms. The number of carbonyl (C=O) groups excluding carboxylic acids is 2. The average Bonchev–Trinajstić information content (AvgIpc) is 3.27. The van der Waals surface area contributed by atoms with E-state index in [4.69, 9.17) is 21.1 Å². The minimum atomic E-state index is -0.320. The summed E-state index contributed by atoms with van der Waals surface area (Å²) in [6.45, 7) is 4.22. The van der Waals surface area contributed by atoms with Crippen molar-refractivity contribution in [1.29, 1.82) is 0 Å². The van der Waals surface area contributed by atoms with Gasteiger partial charge in [-0.2, -0.15) is 5.10 Å². The largest absolute Gasteiger partial charge is 0.497 e. The molecule has 0 fully saturated rings. The maximum atomic E-state index is 13.5. The first-order chi connectivity index (χ1) is 16.3. The van der Waals surface area contributed by atoms with Crippen molar-refractivity contribution in [3.63, 3.8) is 0 Å². The molecule has 0 bridgehead atoms. The molecule has 1 N–H and O–H groups in total. The van der Waals surface area contributed by atoms with Gasteiger partial charge in [-0.25, -0.2) is 9.80 Å². The molecule has 182 valence electrons. The molecular formula is C25H31ClN4O4. The van der Waals surface area contributed by atoms with Crippen molar-refractivity contribution in [1.82, 2.24) is 15.2 Å². The van der Waals surface area contributed by atoms with Crippen molar-refractivity contribution in [2.24, 2.45) is 5.10 Å². The Hall–Kier alpha value is -3.10. The van der Waals surface area contributed by atoms with Gasteiger partial charge in [0.2, 0.25) is 0 Å². The number of amides is 3. The molecule has 0 aliphatic carbocycles. The molecule has 2 aromatic rings. The number of hydrogen-bond donors (Lipinski definition) is 1. The fraction of sp³-hybridized carbons (Fsp3) is 0.400. The third-order valence-corrected chi connectivity index (χ3v) is 5.67. The van der Waals surface area contributed by atoms with Crippen molar-refractivity contribution in [2.45, 2.75) is 32.4 Å². The number of halogens is 1. The van der Waals surface area contributed by atoms with Gasteiger partial charge in [0.05, 0.1) is 25.5 Å². The molecule has 1 heterocycles. The number of hydrazone groups is 1. The Labute approximate surface area is 205 Å². The minimum Gasteiger partial charge on any atom is -0.497 e. The highest BCUT2D eigenvalue weighted by molar-refractivity contribution is 6.30. The molecule has 0 spiro atoms. The maximum absolute atomic E-state index is 13.5. The van der Waals surface area contributed by atoms with E-state index in [1.54, 1.807) is 26.4 Å². The lowest BCUT2D eigenvalue weighted by Gasteiger charge is -2.27. The molecule has 9 heteroatoms.